The number of hydrogen-bond acceptors (Lipinski definition) is 5. The molecule has 12 heteroatoms. The van der Waals surface area contributed by atoms with Gasteiger partial charge in [-0.05, 0) is 60.7 Å². The van der Waals surface area contributed by atoms with Crippen LogP contribution in [0.2, 0.25) is 5.02 Å². The van der Waals surface area contributed by atoms with E-state index in [9.17, 15) is 22.8 Å². The van der Waals surface area contributed by atoms with Crippen LogP contribution in [-0.2, 0) is 11.3 Å². The Hall–Kier alpha value is -3.83. The first kappa shape index (κ1) is 25.3. The maximum Gasteiger partial charge on any atom is 0.256 e. The third-order valence-corrected chi connectivity index (χ3v) is 6.09. The van der Waals surface area contributed by atoms with E-state index in [4.69, 9.17) is 11.6 Å². The van der Waals surface area contributed by atoms with E-state index in [2.05, 4.69) is 20.8 Å². The monoisotopic (exact) mass is 531 g/mol. The summed E-state index contributed by atoms with van der Waals surface area (Å²) in [6.45, 7) is -0.157. The number of nitrogens with one attached hydrogen (secondary N) is 2. The molecule has 0 atom stereocenters. The Morgan fingerprint density at radius 1 is 0.917 bits per heavy atom. The Morgan fingerprint density at radius 2 is 1.58 bits per heavy atom. The predicted octanol–water partition coefficient (Wildman–Crippen LogP) is 5.00. The third-order valence-electron chi connectivity index (χ3n) is 4.84. The van der Waals surface area contributed by atoms with Crippen LogP contribution in [0.5, 0.6) is 0 Å². The van der Waals surface area contributed by atoms with Crippen LogP contribution in [-0.4, -0.2) is 32.3 Å². The van der Waals surface area contributed by atoms with Gasteiger partial charge in [-0.1, -0.05) is 29.4 Å². The van der Waals surface area contributed by atoms with Gasteiger partial charge in [-0.2, -0.15) is 0 Å². The summed E-state index contributed by atoms with van der Waals surface area (Å²) < 4.78 is 42.2. The van der Waals surface area contributed by atoms with Crippen LogP contribution in [0.15, 0.2) is 71.9 Å². The quantitative estimate of drug-likeness (QED) is 0.312. The van der Waals surface area contributed by atoms with Crippen LogP contribution in [0.25, 0.3) is 5.69 Å². The van der Waals surface area contributed by atoms with E-state index in [0.29, 0.717) is 16.5 Å². The summed E-state index contributed by atoms with van der Waals surface area (Å²) in [6.07, 6.45) is 0. The van der Waals surface area contributed by atoms with Crippen molar-refractivity contribution in [3.63, 3.8) is 0 Å². The zero-order valence-electron chi connectivity index (χ0n) is 18.3. The SMILES string of the molecule is O=C(CSc1nnc(CNC(=O)c2c(F)cccc2Cl)n1-c1ccc(F)cc1)Nc1ccc(F)cc1. The van der Waals surface area contributed by atoms with E-state index < -0.39 is 23.4 Å². The number of anilines is 1. The first-order chi connectivity index (χ1) is 17.3. The molecule has 4 aromatic rings. The van der Waals surface area contributed by atoms with E-state index in [1.165, 1.54) is 60.7 Å². The molecule has 1 heterocycles. The summed E-state index contributed by atoms with van der Waals surface area (Å²) in [5, 5.41) is 13.6. The van der Waals surface area contributed by atoms with Crippen molar-refractivity contribution in [2.45, 2.75) is 11.7 Å². The van der Waals surface area contributed by atoms with Crippen LogP contribution in [0, 0.1) is 17.5 Å². The van der Waals surface area contributed by atoms with Gasteiger partial charge in [0.1, 0.15) is 17.5 Å². The summed E-state index contributed by atoms with van der Waals surface area (Å²) in [5.74, 6) is -2.58. The van der Waals surface area contributed by atoms with Gasteiger partial charge in [0, 0.05) is 11.4 Å². The van der Waals surface area contributed by atoms with Crippen molar-refractivity contribution >= 4 is 40.9 Å². The highest BCUT2D eigenvalue weighted by atomic mass is 35.5. The summed E-state index contributed by atoms with van der Waals surface area (Å²) in [6, 6.07) is 14.7. The maximum absolute atomic E-state index is 14.1. The van der Waals surface area contributed by atoms with Crippen molar-refractivity contribution in [1.29, 1.82) is 0 Å². The highest BCUT2D eigenvalue weighted by Crippen LogP contribution is 2.24. The van der Waals surface area contributed by atoms with Crippen LogP contribution in [0.3, 0.4) is 0 Å². The average molecular weight is 532 g/mol. The Balaban J connectivity index is 1.52. The Bertz CT molecular complexity index is 1380. The lowest BCUT2D eigenvalue weighted by atomic mass is 10.2. The fourth-order valence-electron chi connectivity index (χ4n) is 3.18. The molecule has 1 aromatic heterocycles. The van der Waals surface area contributed by atoms with Gasteiger partial charge in [-0.3, -0.25) is 14.2 Å². The number of hydrogen-bond donors (Lipinski definition) is 2. The summed E-state index contributed by atoms with van der Waals surface area (Å²) in [5.41, 5.74) is 0.604. The van der Waals surface area contributed by atoms with Gasteiger partial charge in [-0.15, -0.1) is 10.2 Å². The molecule has 0 spiro atoms. The van der Waals surface area contributed by atoms with Gasteiger partial charge >= 0.3 is 0 Å². The highest BCUT2D eigenvalue weighted by molar-refractivity contribution is 7.99. The molecule has 2 N–H and O–H groups in total. The van der Waals surface area contributed by atoms with Gasteiger partial charge in [-0.25, -0.2) is 13.2 Å². The average Bonchev–Trinajstić information content (AvgIpc) is 3.26. The molecule has 184 valence electrons. The molecule has 4 rings (SSSR count). The van der Waals surface area contributed by atoms with Crippen molar-refractivity contribution in [2.24, 2.45) is 0 Å². The standard InChI is InChI=1S/C24H17ClF3N5O2S/c25-18-2-1-3-19(28)22(18)23(35)29-12-20-31-32-24(33(20)17-10-6-15(27)7-11-17)36-13-21(34)30-16-8-4-14(26)5-9-16/h1-11H,12-13H2,(H,29,35)(H,30,34). The molecule has 0 aliphatic heterocycles. The number of nitrogens with zero attached hydrogens (tertiary/aromatic N) is 3. The van der Waals surface area contributed by atoms with Crippen molar-refractivity contribution in [3.05, 3.63) is 101 Å². The largest absolute Gasteiger partial charge is 0.345 e. The van der Waals surface area contributed by atoms with Crippen LogP contribution in [0.1, 0.15) is 16.2 Å². The number of carbonyl (C=O) groups excluding carboxylic acids is 2. The second kappa shape index (κ2) is 11.3. The Kier molecular flexibility index (Phi) is 7.91. The van der Waals surface area contributed by atoms with Gasteiger partial charge in [0.2, 0.25) is 5.91 Å². The molecule has 0 saturated heterocycles. The number of thioether (sulfide) groups is 1. The van der Waals surface area contributed by atoms with Gasteiger partial charge in [0.15, 0.2) is 11.0 Å². The Morgan fingerprint density at radius 3 is 2.25 bits per heavy atom. The molecule has 0 fully saturated rings. The summed E-state index contributed by atoms with van der Waals surface area (Å²) >= 11 is 7.01. The van der Waals surface area contributed by atoms with Crippen LogP contribution in [0.4, 0.5) is 18.9 Å². The third kappa shape index (κ3) is 6.04. The molecule has 0 saturated carbocycles. The highest BCUT2D eigenvalue weighted by Gasteiger charge is 2.19. The van der Waals surface area contributed by atoms with Crippen molar-refractivity contribution < 1.29 is 22.8 Å². The van der Waals surface area contributed by atoms with Gasteiger partial charge in [0.05, 0.1) is 22.9 Å². The van der Waals surface area contributed by atoms with Crippen molar-refractivity contribution in [1.82, 2.24) is 20.1 Å². The number of aromatic nitrogens is 3. The zero-order valence-corrected chi connectivity index (χ0v) is 19.9. The molecular weight excluding hydrogens is 515 g/mol. The summed E-state index contributed by atoms with van der Waals surface area (Å²) in [4.78, 5) is 24.9. The number of amides is 2. The molecule has 0 unspecified atom stereocenters. The van der Waals surface area contributed by atoms with E-state index in [1.54, 1.807) is 4.57 Å². The summed E-state index contributed by atoms with van der Waals surface area (Å²) in [7, 11) is 0. The van der Waals surface area contributed by atoms with E-state index in [0.717, 1.165) is 17.8 Å². The zero-order chi connectivity index (χ0) is 25.7. The first-order valence-electron chi connectivity index (χ1n) is 10.4. The van der Waals surface area contributed by atoms with Gasteiger partial charge in [0.25, 0.3) is 5.91 Å². The number of rotatable bonds is 8. The molecule has 36 heavy (non-hydrogen) atoms. The molecule has 7 nitrogen and oxygen atoms in total. The smallest absolute Gasteiger partial charge is 0.256 e. The normalized spacial score (nSPS) is 10.8. The van der Waals surface area contributed by atoms with E-state index in [-0.39, 0.29) is 34.6 Å². The minimum Gasteiger partial charge on any atom is -0.345 e. The molecular formula is C24H17ClF3N5O2S. The predicted molar refractivity (Wildman–Crippen MR) is 130 cm³/mol. The lowest BCUT2D eigenvalue weighted by Crippen LogP contribution is -2.26. The lowest BCUT2D eigenvalue weighted by Gasteiger charge is -2.12. The fourth-order valence-corrected chi connectivity index (χ4v) is 4.20. The molecule has 0 radical (unpaired) electrons. The van der Waals surface area contributed by atoms with E-state index >= 15 is 0 Å². The second-order valence-electron chi connectivity index (χ2n) is 7.33. The number of carbonyl (C=O) groups is 2. The molecule has 0 bridgehead atoms. The topological polar surface area (TPSA) is 88.9 Å². The fraction of sp³-hybridized carbons (Fsp3) is 0.0833. The number of halogens is 4. The molecule has 0 aliphatic carbocycles. The molecule has 0 aliphatic rings. The van der Waals surface area contributed by atoms with Crippen LogP contribution >= 0.6 is 23.4 Å². The van der Waals surface area contributed by atoms with Crippen molar-refractivity contribution in [3.8, 4) is 5.69 Å². The number of benzene rings is 3. The minimum absolute atomic E-state index is 0.0455. The Labute approximate surface area is 212 Å². The van der Waals surface area contributed by atoms with Gasteiger partial charge < -0.3 is 10.6 Å². The van der Waals surface area contributed by atoms with Crippen LogP contribution < -0.4 is 10.6 Å². The molecule has 2 amide bonds. The lowest BCUT2D eigenvalue weighted by molar-refractivity contribution is -0.113. The molecule has 3 aromatic carbocycles. The maximum atomic E-state index is 14.1. The first-order valence-corrected chi connectivity index (χ1v) is 11.8. The minimum atomic E-state index is -0.775. The van der Waals surface area contributed by atoms with E-state index in [1.807, 2.05) is 0 Å². The van der Waals surface area contributed by atoms with Crippen molar-refractivity contribution in [2.75, 3.05) is 11.1 Å². The second-order valence-corrected chi connectivity index (χ2v) is 8.68.